The van der Waals surface area contributed by atoms with Crippen LogP contribution in [0.1, 0.15) is 90.2 Å². The van der Waals surface area contributed by atoms with Crippen molar-refractivity contribution in [3.63, 3.8) is 0 Å². The van der Waals surface area contributed by atoms with Gasteiger partial charge in [-0.05, 0) is 69.6 Å². The van der Waals surface area contributed by atoms with Crippen molar-refractivity contribution in [3.8, 4) is 11.5 Å². The van der Waals surface area contributed by atoms with Crippen LogP contribution in [0.5, 0.6) is 11.5 Å². The minimum absolute atomic E-state index is 0.136. The summed E-state index contributed by atoms with van der Waals surface area (Å²) in [5, 5.41) is 20.5. The first-order chi connectivity index (χ1) is 14.0. The van der Waals surface area contributed by atoms with Gasteiger partial charge in [0.05, 0.1) is 6.61 Å². The lowest BCUT2D eigenvalue weighted by Crippen LogP contribution is -2.45. The topological polar surface area (TPSA) is 81.8 Å². The molecule has 1 heterocycles. The van der Waals surface area contributed by atoms with E-state index in [2.05, 4.69) is 51.6 Å². The Labute approximate surface area is 179 Å². The SMILES string of the molecule is CC1=CC[C@@H]2[C@@H](C1)c1c(O)cc(C(C)(C)CCCCCO[N+](=O)[O-])cc1OC2(C)C. The lowest BCUT2D eigenvalue weighted by Gasteiger charge is -2.47. The van der Waals surface area contributed by atoms with E-state index in [0.717, 1.165) is 49.0 Å². The fourth-order valence-electron chi connectivity index (χ4n) is 5.08. The van der Waals surface area contributed by atoms with Gasteiger partial charge in [-0.25, -0.2) is 0 Å². The molecule has 30 heavy (non-hydrogen) atoms. The number of hydrogen-bond acceptors (Lipinski definition) is 5. The van der Waals surface area contributed by atoms with E-state index in [4.69, 9.17) is 4.74 Å². The van der Waals surface area contributed by atoms with Crippen LogP contribution in [-0.2, 0) is 10.3 Å². The molecule has 0 aromatic heterocycles. The highest BCUT2D eigenvalue weighted by Crippen LogP contribution is 2.54. The molecule has 1 aliphatic heterocycles. The van der Waals surface area contributed by atoms with E-state index in [-0.39, 0.29) is 23.5 Å². The molecule has 0 saturated heterocycles. The quantitative estimate of drug-likeness (QED) is 0.241. The van der Waals surface area contributed by atoms with Gasteiger partial charge < -0.3 is 14.7 Å². The van der Waals surface area contributed by atoms with Gasteiger partial charge >= 0.3 is 0 Å². The molecule has 1 aromatic rings. The fourth-order valence-corrected chi connectivity index (χ4v) is 5.08. The summed E-state index contributed by atoms with van der Waals surface area (Å²) < 4.78 is 6.45. The summed E-state index contributed by atoms with van der Waals surface area (Å²) in [5.41, 5.74) is 3.00. The average Bonchev–Trinajstić information content (AvgIpc) is 2.63. The van der Waals surface area contributed by atoms with Crippen LogP contribution in [0.4, 0.5) is 0 Å². The smallest absolute Gasteiger partial charge is 0.294 e. The zero-order chi connectivity index (χ0) is 22.1. The molecule has 6 nitrogen and oxygen atoms in total. The molecule has 0 radical (unpaired) electrons. The van der Waals surface area contributed by atoms with Crippen molar-refractivity contribution in [3.05, 3.63) is 45.0 Å². The number of phenols is 1. The highest BCUT2D eigenvalue weighted by atomic mass is 16.9. The van der Waals surface area contributed by atoms with E-state index < -0.39 is 5.09 Å². The molecule has 2 aliphatic rings. The van der Waals surface area contributed by atoms with Crippen LogP contribution < -0.4 is 4.74 Å². The molecule has 2 atom stereocenters. The predicted octanol–water partition coefficient (Wildman–Crippen LogP) is 6.05. The van der Waals surface area contributed by atoms with Gasteiger partial charge in [-0.2, -0.15) is 0 Å². The lowest BCUT2D eigenvalue weighted by molar-refractivity contribution is -0.757. The third kappa shape index (κ3) is 4.73. The van der Waals surface area contributed by atoms with Crippen LogP contribution in [0, 0.1) is 16.0 Å². The summed E-state index contributed by atoms with van der Waals surface area (Å²) in [5.74, 6) is 1.81. The van der Waals surface area contributed by atoms with Gasteiger partial charge in [0.1, 0.15) is 17.1 Å². The number of ether oxygens (including phenoxy) is 1. The van der Waals surface area contributed by atoms with Crippen LogP contribution in [0.2, 0.25) is 0 Å². The summed E-state index contributed by atoms with van der Waals surface area (Å²) in [4.78, 5) is 14.6. The highest BCUT2D eigenvalue weighted by Gasteiger charge is 2.46. The molecule has 6 heteroatoms. The second-order valence-electron chi connectivity index (χ2n) is 10.1. The third-order valence-electron chi connectivity index (χ3n) is 6.93. The van der Waals surface area contributed by atoms with E-state index in [1.54, 1.807) is 0 Å². The van der Waals surface area contributed by atoms with Gasteiger partial charge in [-0.1, -0.05) is 38.3 Å². The molecule has 0 bridgehead atoms. The highest BCUT2D eigenvalue weighted by molar-refractivity contribution is 5.54. The average molecular weight is 418 g/mol. The number of nitrogens with zero attached hydrogens (tertiary/aromatic N) is 1. The van der Waals surface area contributed by atoms with Crippen LogP contribution in [0.3, 0.4) is 0 Å². The number of phenolic OH excluding ortho intramolecular Hbond substituents is 1. The van der Waals surface area contributed by atoms with E-state index in [9.17, 15) is 15.2 Å². The van der Waals surface area contributed by atoms with Gasteiger partial charge in [-0.15, -0.1) is 10.1 Å². The summed E-state index contributed by atoms with van der Waals surface area (Å²) in [6.45, 7) is 11.0. The first-order valence-electron chi connectivity index (χ1n) is 11.0. The molecule has 1 aromatic carbocycles. The number of allylic oxidation sites excluding steroid dienone is 2. The van der Waals surface area contributed by atoms with E-state index in [1.165, 1.54) is 5.57 Å². The van der Waals surface area contributed by atoms with Gasteiger partial charge in [0.2, 0.25) is 0 Å². The zero-order valence-corrected chi connectivity index (χ0v) is 18.9. The van der Waals surface area contributed by atoms with Crippen molar-refractivity contribution in [2.24, 2.45) is 5.92 Å². The zero-order valence-electron chi connectivity index (χ0n) is 18.9. The molecular formula is C24H35NO5. The second kappa shape index (κ2) is 8.48. The predicted molar refractivity (Wildman–Crippen MR) is 116 cm³/mol. The van der Waals surface area contributed by atoms with Gasteiger partial charge in [-0.3, -0.25) is 0 Å². The minimum Gasteiger partial charge on any atom is -0.508 e. The van der Waals surface area contributed by atoms with Gasteiger partial charge in [0, 0.05) is 17.4 Å². The molecule has 3 rings (SSSR count). The lowest BCUT2D eigenvalue weighted by atomic mass is 9.66. The number of rotatable bonds is 8. The number of hydrogen-bond donors (Lipinski definition) is 1. The van der Waals surface area contributed by atoms with Crippen molar-refractivity contribution in [1.82, 2.24) is 0 Å². The van der Waals surface area contributed by atoms with Crippen molar-refractivity contribution in [2.75, 3.05) is 6.61 Å². The van der Waals surface area contributed by atoms with Crippen LogP contribution in [-0.4, -0.2) is 22.4 Å². The first kappa shape index (κ1) is 22.4. The monoisotopic (exact) mass is 417 g/mol. The summed E-state index contributed by atoms with van der Waals surface area (Å²) in [6.07, 6.45) is 7.64. The Balaban J connectivity index is 1.76. The van der Waals surface area contributed by atoms with E-state index in [1.807, 2.05) is 6.07 Å². The van der Waals surface area contributed by atoms with Crippen molar-refractivity contribution >= 4 is 0 Å². The molecule has 1 aliphatic carbocycles. The summed E-state index contributed by atoms with van der Waals surface area (Å²) >= 11 is 0. The molecular weight excluding hydrogens is 382 g/mol. The second-order valence-corrected chi connectivity index (χ2v) is 10.1. The maximum Gasteiger partial charge on any atom is 0.294 e. The largest absolute Gasteiger partial charge is 0.508 e. The molecule has 0 unspecified atom stereocenters. The van der Waals surface area contributed by atoms with Crippen molar-refractivity contribution in [2.45, 2.75) is 90.1 Å². The van der Waals surface area contributed by atoms with E-state index in [0.29, 0.717) is 18.1 Å². The van der Waals surface area contributed by atoms with Crippen LogP contribution in [0.15, 0.2) is 23.8 Å². The van der Waals surface area contributed by atoms with Gasteiger partial charge in [0.25, 0.3) is 5.09 Å². The summed E-state index contributed by atoms with van der Waals surface area (Å²) in [6, 6.07) is 4.04. The molecule has 1 N–H and O–H groups in total. The van der Waals surface area contributed by atoms with Gasteiger partial charge in [0.15, 0.2) is 0 Å². The number of unbranched alkanes of at least 4 members (excludes halogenated alkanes) is 2. The molecule has 0 saturated carbocycles. The normalized spacial score (nSPS) is 22.4. The summed E-state index contributed by atoms with van der Waals surface area (Å²) in [7, 11) is 0. The standard InChI is InChI=1S/C24H35NO5/c1-16-9-10-19-18(13-16)22-20(26)14-17(15-21(22)30-24(19,4)5)23(2,3)11-7-6-8-12-29-25(27)28/h9,14-15,18-19,26H,6-8,10-13H2,1-5H3/t18-,19-/m1/s1. The minimum atomic E-state index is -0.741. The maximum absolute atomic E-state index is 11.0. The molecule has 0 spiro atoms. The van der Waals surface area contributed by atoms with E-state index >= 15 is 0 Å². The van der Waals surface area contributed by atoms with Crippen molar-refractivity contribution in [1.29, 1.82) is 0 Å². The Hall–Kier alpha value is -2.24. The molecule has 166 valence electrons. The third-order valence-corrected chi connectivity index (χ3v) is 6.93. The first-order valence-corrected chi connectivity index (χ1v) is 11.0. The molecule has 0 amide bonds. The Morgan fingerprint density at radius 1 is 1.30 bits per heavy atom. The van der Waals surface area contributed by atoms with Crippen LogP contribution >= 0.6 is 0 Å². The number of fused-ring (bicyclic) bond motifs is 3. The maximum atomic E-state index is 11.0. The number of benzene rings is 1. The van der Waals surface area contributed by atoms with Crippen LogP contribution in [0.25, 0.3) is 0 Å². The Kier molecular flexibility index (Phi) is 6.34. The number of aromatic hydroxyl groups is 1. The fraction of sp³-hybridized carbons (Fsp3) is 0.667. The van der Waals surface area contributed by atoms with Crippen molar-refractivity contribution < 1.29 is 19.8 Å². The Bertz CT molecular complexity index is 827. The Morgan fingerprint density at radius 2 is 2.03 bits per heavy atom. The molecule has 0 fully saturated rings. The Morgan fingerprint density at radius 3 is 2.73 bits per heavy atom.